The van der Waals surface area contributed by atoms with Crippen LogP contribution in [0.3, 0.4) is 0 Å². The van der Waals surface area contributed by atoms with Gasteiger partial charge in [-0.05, 0) is 108 Å². The molecule has 47 heavy (non-hydrogen) atoms. The van der Waals surface area contributed by atoms with Crippen LogP contribution >= 0.6 is 0 Å². The summed E-state index contributed by atoms with van der Waals surface area (Å²) in [4.78, 5) is 24.6. The van der Waals surface area contributed by atoms with Gasteiger partial charge in [-0.1, -0.05) is 69.3 Å². The molecule has 7 heteroatoms. The molecule has 0 aliphatic carbocycles. The number of aromatic nitrogens is 2. The highest BCUT2D eigenvalue weighted by Gasteiger charge is 2.22. The summed E-state index contributed by atoms with van der Waals surface area (Å²) in [5.41, 5.74) is 8.33. The molecular formula is C40H58N4O2Si. The summed E-state index contributed by atoms with van der Waals surface area (Å²) < 4.78 is 6.32. The van der Waals surface area contributed by atoms with Gasteiger partial charge in [-0.15, -0.1) is 6.58 Å². The Morgan fingerprint density at radius 3 is 2.45 bits per heavy atom. The maximum atomic E-state index is 12.6. The number of anilines is 1. The van der Waals surface area contributed by atoms with E-state index in [4.69, 9.17) is 14.7 Å². The van der Waals surface area contributed by atoms with E-state index in [0.29, 0.717) is 37.9 Å². The Hall–Kier alpha value is -3.63. The van der Waals surface area contributed by atoms with Crippen molar-refractivity contribution >= 4 is 27.1 Å². The summed E-state index contributed by atoms with van der Waals surface area (Å²) in [5, 5.41) is 9.44. The lowest BCUT2D eigenvalue weighted by molar-refractivity contribution is -0.116. The first-order valence-corrected chi connectivity index (χ1v) is 17.8. The molecular weight excluding hydrogens is 597 g/mol. The zero-order valence-electron chi connectivity index (χ0n) is 30.0. The van der Waals surface area contributed by atoms with E-state index >= 15 is 0 Å². The first-order valence-electron chi connectivity index (χ1n) is 17.2. The molecule has 6 nitrogen and oxygen atoms in total. The van der Waals surface area contributed by atoms with Gasteiger partial charge in [-0.25, -0.2) is 0 Å². The molecule has 0 aliphatic rings. The van der Waals surface area contributed by atoms with Crippen molar-refractivity contribution in [3.8, 4) is 12.1 Å². The van der Waals surface area contributed by atoms with E-state index in [1.165, 1.54) is 17.2 Å². The predicted molar refractivity (Wildman–Crippen MR) is 201 cm³/mol. The number of ether oxygens (including phenoxy) is 1. The van der Waals surface area contributed by atoms with Crippen molar-refractivity contribution in [3.63, 3.8) is 0 Å². The highest BCUT2D eigenvalue weighted by atomic mass is 28.1. The van der Waals surface area contributed by atoms with Gasteiger partial charge in [0.05, 0.1) is 24.8 Å². The number of ketones is 1. The number of nitrogens with zero attached hydrogens (tertiary/aromatic N) is 4. The maximum Gasteiger partial charge on any atom is 0.318 e. The lowest BCUT2D eigenvalue weighted by Gasteiger charge is -2.26. The third-order valence-electron chi connectivity index (χ3n) is 8.20. The molecule has 0 fully saturated rings. The molecule has 1 unspecified atom stereocenters. The van der Waals surface area contributed by atoms with Gasteiger partial charge in [0.15, 0.2) is 5.78 Å². The summed E-state index contributed by atoms with van der Waals surface area (Å²) >= 11 is 0. The zero-order valence-corrected chi connectivity index (χ0v) is 31.0. The maximum absolute atomic E-state index is 12.6. The number of aryl methyl sites for hydroxylation is 1. The normalized spacial score (nSPS) is 13.3. The molecule has 1 aromatic rings. The SMILES string of the molecule is C=CC[C@@H](CCCC)COc1nc(CC)c(CCCCC(=C/C)/C(C)=C\C(=C)C)c(N(/C=C(\C)CC#N)CCC(C=[Si])C(=O)C=C)n1. The first kappa shape index (κ1) is 41.4. The lowest BCUT2D eigenvalue weighted by atomic mass is 9.97. The number of unbranched alkanes of at least 4 members (excludes halogenated alkanes) is 2. The fourth-order valence-electron chi connectivity index (χ4n) is 5.59. The van der Waals surface area contributed by atoms with Crippen molar-refractivity contribution in [1.29, 1.82) is 5.26 Å². The Kier molecular flexibility index (Phi) is 20.8. The monoisotopic (exact) mass is 654 g/mol. The summed E-state index contributed by atoms with van der Waals surface area (Å²) in [6.07, 6.45) is 19.2. The Morgan fingerprint density at radius 2 is 1.87 bits per heavy atom. The second kappa shape index (κ2) is 23.7. The van der Waals surface area contributed by atoms with Crippen LogP contribution in [0.25, 0.3) is 0 Å². The minimum Gasteiger partial charge on any atom is -0.463 e. The van der Waals surface area contributed by atoms with Gasteiger partial charge < -0.3 is 9.64 Å². The highest BCUT2D eigenvalue weighted by Crippen LogP contribution is 2.29. The standard InChI is InChI=1S/C40H58N4O2Si/c1-10-15-19-33(18-11-2)28-46-40-42-37(13-4)36(21-17-16-20-34(12-3)32(9)26-30(6)7)39(43-40)44(27-31(8)22-24-41)25-23-35(29-47)38(45)14-5/h11-12,14,26-27,29,33,35H,2,5-6,10,13,15-23,25,28H2,1,3-4,7-9H3/b31-27+,32-26-,34-12-/t33-,35?/m0/s1. The van der Waals surface area contributed by atoms with Crippen LogP contribution in [0.2, 0.25) is 0 Å². The summed E-state index contributed by atoms with van der Waals surface area (Å²) in [7, 11) is 3.45. The van der Waals surface area contributed by atoms with Gasteiger partial charge in [0.1, 0.15) is 5.82 Å². The van der Waals surface area contributed by atoms with Gasteiger partial charge in [0.25, 0.3) is 0 Å². The molecule has 0 saturated carbocycles. The third kappa shape index (κ3) is 15.2. The molecule has 1 heterocycles. The minimum atomic E-state index is -0.337. The number of hydrogen-bond acceptors (Lipinski definition) is 6. The van der Waals surface area contributed by atoms with Gasteiger partial charge in [0, 0.05) is 34.1 Å². The molecule has 0 N–H and O–H groups in total. The molecule has 0 aromatic carbocycles. The van der Waals surface area contributed by atoms with E-state index in [9.17, 15) is 10.1 Å². The van der Waals surface area contributed by atoms with Crippen LogP contribution in [0.15, 0.2) is 72.5 Å². The third-order valence-corrected chi connectivity index (χ3v) is 8.60. The van der Waals surface area contributed by atoms with Crippen molar-refractivity contribution < 1.29 is 9.53 Å². The zero-order chi connectivity index (χ0) is 35.2. The Morgan fingerprint density at radius 1 is 1.13 bits per heavy atom. The molecule has 0 bridgehead atoms. The Balaban J connectivity index is 3.60. The average Bonchev–Trinajstić information content (AvgIpc) is 3.05. The van der Waals surface area contributed by atoms with E-state index < -0.39 is 0 Å². The van der Waals surface area contributed by atoms with E-state index in [2.05, 4.69) is 80.4 Å². The number of hydrogen-bond donors (Lipinski definition) is 0. The first-order chi connectivity index (χ1) is 22.6. The van der Waals surface area contributed by atoms with Crippen LogP contribution in [0.1, 0.15) is 111 Å². The van der Waals surface area contributed by atoms with E-state index in [-0.39, 0.29) is 11.7 Å². The topological polar surface area (TPSA) is 79.1 Å². The van der Waals surface area contributed by atoms with E-state index in [0.717, 1.165) is 86.0 Å². The number of carbonyl (C=O) groups excluding carboxylic acids is 1. The smallest absolute Gasteiger partial charge is 0.318 e. The summed E-state index contributed by atoms with van der Waals surface area (Å²) in [6.45, 7) is 25.2. The second-order valence-electron chi connectivity index (χ2n) is 12.3. The Labute approximate surface area is 289 Å². The van der Waals surface area contributed by atoms with Crippen LogP contribution in [0.5, 0.6) is 6.01 Å². The molecule has 2 atom stereocenters. The quantitative estimate of drug-likeness (QED) is 0.0344. The van der Waals surface area contributed by atoms with Crippen LogP contribution in [0, 0.1) is 23.2 Å². The van der Waals surface area contributed by atoms with Crippen molar-refractivity contribution in [3.05, 3.63) is 83.8 Å². The molecule has 2 radical (unpaired) electrons. The molecule has 0 amide bonds. The van der Waals surface area contributed by atoms with E-state index in [1.807, 2.05) is 26.1 Å². The molecule has 1 rings (SSSR count). The summed E-state index contributed by atoms with van der Waals surface area (Å²) in [6, 6.07) is 2.62. The van der Waals surface area contributed by atoms with Crippen molar-refractivity contribution in [2.24, 2.45) is 11.8 Å². The van der Waals surface area contributed by atoms with Crippen LogP contribution in [-0.2, 0) is 17.6 Å². The molecule has 1 aromatic heterocycles. The van der Waals surface area contributed by atoms with Gasteiger partial charge in [0.2, 0.25) is 0 Å². The number of nitriles is 1. The Bertz CT molecular complexity index is 1330. The predicted octanol–water partition coefficient (Wildman–Crippen LogP) is 9.34. The van der Waals surface area contributed by atoms with Crippen LogP contribution in [0.4, 0.5) is 5.82 Å². The molecule has 0 aliphatic heterocycles. The average molecular weight is 655 g/mol. The molecule has 0 saturated heterocycles. The van der Waals surface area contributed by atoms with Crippen molar-refractivity contribution in [1.82, 2.24) is 9.97 Å². The van der Waals surface area contributed by atoms with Crippen LogP contribution in [-0.4, -0.2) is 44.4 Å². The van der Waals surface area contributed by atoms with Gasteiger partial charge >= 0.3 is 6.01 Å². The lowest BCUT2D eigenvalue weighted by Crippen LogP contribution is -2.27. The number of rotatable bonds is 25. The summed E-state index contributed by atoms with van der Waals surface area (Å²) in [5.74, 6) is 0.744. The van der Waals surface area contributed by atoms with Crippen molar-refractivity contribution in [2.75, 3.05) is 18.1 Å². The largest absolute Gasteiger partial charge is 0.463 e. The highest BCUT2D eigenvalue weighted by molar-refractivity contribution is 6.32. The van der Waals surface area contributed by atoms with Gasteiger partial charge in [-0.3, -0.25) is 4.79 Å². The second-order valence-corrected chi connectivity index (χ2v) is 12.7. The van der Waals surface area contributed by atoms with Crippen molar-refractivity contribution in [2.45, 2.75) is 112 Å². The minimum absolute atomic E-state index is 0.0463. The number of carbonyl (C=O) groups is 1. The fourth-order valence-corrected chi connectivity index (χ4v) is 5.92. The molecule has 0 spiro atoms. The van der Waals surface area contributed by atoms with E-state index in [1.54, 1.807) is 5.67 Å². The number of allylic oxidation sites excluding steroid dienone is 8. The van der Waals surface area contributed by atoms with Gasteiger partial charge in [-0.2, -0.15) is 15.2 Å². The molecule has 254 valence electrons. The van der Waals surface area contributed by atoms with Crippen LogP contribution < -0.4 is 9.64 Å². The fraction of sp³-hybridized carbons (Fsp3) is 0.525.